The Kier molecular flexibility index (Phi) is 4.27. The number of carbonyl (C=O) groups is 1. The van der Waals surface area contributed by atoms with Crippen LogP contribution in [0.15, 0.2) is 16.9 Å². The smallest absolute Gasteiger partial charge is 0.303 e. The molecule has 0 spiro atoms. The summed E-state index contributed by atoms with van der Waals surface area (Å²) in [5.74, 6) is -1.14. The minimum Gasteiger partial charge on any atom is -0.481 e. The summed E-state index contributed by atoms with van der Waals surface area (Å²) in [4.78, 5) is 29.2. The fraction of sp³-hybridized carbons (Fsp3) is 0.375. The van der Waals surface area contributed by atoms with E-state index in [1.165, 1.54) is 11.6 Å². The van der Waals surface area contributed by atoms with E-state index in [0.29, 0.717) is 29.6 Å². The number of pyridine rings is 2. The van der Waals surface area contributed by atoms with E-state index in [2.05, 4.69) is 0 Å². The molecule has 3 aromatic rings. The standard InChI is InChI=1S/C24H23FN2O3/c1-3-13-9-20-23-17(11-27(20)24(30)15(13)7-8-21(28)29)16-6-4-5-14-12(2)18(25)10-19(26-23)22(14)16/h9-10H,3-8,11H2,1-2H3,(H,28,29). The van der Waals surface area contributed by atoms with Crippen LogP contribution in [0.3, 0.4) is 0 Å². The lowest BCUT2D eigenvalue weighted by Crippen LogP contribution is -2.25. The molecule has 1 aliphatic heterocycles. The molecular weight excluding hydrogens is 383 g/mol. The highest BCUT2D eigenvalue weighted by atomic mass is 19.1. The summed E-state index contributed by atoms with van der Waals surface area (Å²) in [6.07, 6.45) is 3.51. The number of benzene rings is 1. The fourth-order valence-corrected chi connectivity index (χ4v) is 5.17. The van der Waals surface area contributed by atoms with Gasteiger partial charge in [0.2, 0.25) is 0 Å². The molecule has 2 aliphatic rings. The van der Waals surface area contributed by atoms with Gasteiger partial charge in [0.1, 0.15) is 5.82 Å². The molecule has 0 radical (unpaired) electrons. The summed E-state index contributed by atoms with van der Waals surface area (Å²) in [6, 6.07) is 3.50. The highest BCUT2D eigenvalue weighted by Gasteiger charge is 2.30. The minimum absolute atomic E-state index is 0.0656. The van der Waals surface area contributed by atoms with Crippen LogP contribution in [0.4, 0.5) is 4.39 Å². The Morgan fingerprint density at radius 3 is 2.73 bits per heavy atom. The molecule has 3 heterocycles. The van der Waals surface area contributed by atoms with E-state index in [1.807, 2.05) is 19.9 Å². The molecule has 6 heteroatoms. The number of carboxylic acids is 1. The number of carboxylic acid groups (broad SMARTS) is 1. The molecule has 2 aromatic heterocycles. The third kappa shape index (κ3) is 2.62. The van der Waals surface area contributed by atoms with Crippen molar-refractivity contribution in [3.63, 3.8) is 0 Å². The van der Waals surface area contributed by atoms with E-state index in [-0.39, 0.29) is 24.2 Å². The summed E-state index contributed by atoms with van der Waals surface area (Å²) in [7, 11) is 0. The van der Waals surface area contributed by atoms with Crippen molar-refractivity contribution < 1.29 is 14.3 Å². The molecule has 0 fully saturated rings. The molecule has 1 aromatic carbocycles. The first kappa shape index (κ1) is 19.0. The monoisotopic (exact) mass is 406 g/mol. The Morgan fingerprint density at radius 2 is 2.00 bits per heavy atom. The molecule has 5 nitrogen and oxygen atoms in total. The second-order valence-corrected chi connectivity index (χ2v) is 8.30. The van der Waals surface area contributed by atoms with Gasteiger partial charge in [-0.25, -0.2) is 9.37 Å². The molecule has 0 atom stereocenters. The Balaban J connectivity index is 1.76. The molecule has 1 N–H and O–H groups in total. The first-order chi connectivity index (χ1) is 14.4. The zero-order valence-corrected chi connectivity index (χ0v) is 17.1. The average Bonchev–Trinajstić information content (AvgIpc) is 3.10. The highest BCUT2D eigenvalue weighted by Crippen LogP contribution is 2.41. The maximum atomic E-state index is 14.5. The number of halogens is 1. The first-order valence-corrected chi connectivity index (χ1v) is 10.5. The number of hydrogen-bond donors (Lipinski definition) is 1. The number of aromatic nitrogens is 2. The van der Waals surface area contributed by atoms with E-state index in [0.717, 1.165) is 52.7 Å². The van der Waals surface area contributed by atoms with Crippen molar-refractivity contribution in [3.8, 4) is 11.4 Å². The van der Waals surface area contributed by atoms with Gasteiger partial charge in [0.15, 0.2) is 0 Å². The van der Waals surface area contributed by atoms with Crippen LogP contribution in [0.1, 0.15) is 53.1 Å². The normalized spacial score (nSPS) is 14.1. The van der Waals surface area contributed by atoms with Gasteiger partial charge < -0.3 is 9.67 Å². The van der Waals surface area contributed by atoms with Crippen LogP contribution in [-0.2, 0) is 37.0 Å². The topological polar surface area (TPSA) is 72.2 Å². The molecule has 1 aliphatic carbocycles. The maximum absolute atomic E-state index is 14.5. The third-order valence-electron chi connectivity index (χ3n) is 6.69. The Bertz CT molecular complexity index is 1310. The van der Waals surface area contributed by atoms with Crippen molar-refractivity contribution in [1.29, 1.82) is 0 Å². The minimum atomic E-state index is -0.910. The molecule has 0 amide bonds. The second kappa shape index (κ2) is 6.76. The van der Waals surface area contributed by atoms with Gasteiger partial charge in [0, 0.05) is 29.0 Å². The van der Waals surface area contributed by atoms with E-state index in [4.69, 9.17) is 10.1 Å². The predicted molar refractivity (Wildman–Crippen MR) is 113 cm³/mol. The second-order valence-electron chi connectivity index (χ2n) is 8.30. The molecule has 0 unspecified atom stereocenters. The summed E-state index contributed by atoms with van der Waals surface area (Å²) < 4.78 is 16.3. The van der Waals surface area contributed by atoms with Gasteiger partial charge in [-0.05, 0) is 67.3 Å². The maximum Gasteiger partial charge on any atom is 0.303 e. The van der Waals surface area contributed by atoms with Crippen molar-refractivity contribution >= 4 is 16.9 Å². The average molecular weight is 406 g/mol. The van der Waals surface area contributed by atoms with E-state index in [9.17, 15) is 14.0 Å². The molecule has 5 rings (SSSR count). The highest BCUT2D eigenvalue weighted by molar-refractivity contribution is 5.92. The molecular formula is C24H23FN2O3. The van der Waals surface area contributed by atoms with Gasteiger partial charge in [0.25, 0.3) is 5.56 Å². The summed E-state index contributed by atoms with van der Waals surface area (Å²) in [5, 5.41) is 10.1. The Labute approximate surface area is 173 Å². The van der Waals surface area contributed by atoms with E-state index in [1.54, 1.807) is 4.57 Å². The van der Waals surface area contributed by atoms with Crippen LogP contribution >= 0.6 is 0 Å². The van der Waals surface area contributed by atoms with Gasteiger partial charge in [-0.2, -0.15) is 0 Å². The van der Waals surface area contributed by atoms with Crippen LogP contribution in [0, 0.1) is 12.7 Å². The van der Waals surface area contributed by atoms with Gasteiger partial charge in [-0.3, -0.25) is 9.59 Å². The van der Waals surface area contributed by atoms with Crippen LogP contribution in [0.2, 0.25) is 0 Å². The fourth-order valence-electron chi connectivity index (χ4n) is 5.17. The quantitative estimate of drug-likeness (QED) is 0.557. The van der Waals surface area contributed by atoms with Gasteiger partial charge in [-0.1, -0.05) is 6.92 Å². The SMILES string of the molecule is CCc1cc2n(c(=O)c1CCC(=O)O)Cc1c-2nc2cc(F)c(C)c3c2c1CCC3. The number of fused-ring (bicyclic) bond motifs is 4. The zero-order chi connectivity index (χ0) is 21.2. The molecule has 0 saturated heterocycles. The molecule has 0 bridgehead atoms. The number of hydrogen-bond acceptors (Lipinski definition) is 3. The lowest BCUT2D eigenvalue weighted by atomic mass is 9.85. The Hall–Kier alpha value is -3.02. The van der Waals surface area contributed by atoms with Crippen molar-refractivity contribution in [2.45, 2.75) is 58.9 Å². The summed E-state index contributed by atoms with van der Waals surface area (Å²) in [6.45, 7) is 4.24. The van der Waals surface area contributed by atoms with Crippen LogP contribution in [0.5, 0.6) is 0 Å². The number of aliphatic carboxylic acids is 1. The van der Waals surface area contributed by atoms with Crippen molar-refractivity contribution in [2.75, 3.05) is 0 Å². The van der Waals surface area contributed by atoms with Gasteiger partial charge in [-0.15, -0.1) is 0 Å². The first-order valence-electron chi connectivity index (χ1n) is 10.5. The number of nitrogens with zero attached hydrogens (tertiary/aromatic N) is 2. The van der Waals surface area contributed by atoms with E-state index >= 15 is 0 Å². The van der Waals surface area contributed by atoms with Crippen molar-refractivity contribution in [3.05, 3.63) is 61.7 Å². The lowest BCUT2D eigenvalue weighted by molar-refractivity contribution is -0.136. The third-order valence-corrected chi connectivity index (χ3v) is 6.69. The number of aryl methyl sites for hydroxylation is 3. The lowest BCUT2D eigenvalue weighted by Gasteiger charge is -2.21. The van der Waals surface area contributed by atoms with Crippen LogP contribution in [0.25, 0.3) is 22.3 Å². The zero-order valence-electron chi connectivity index (χ0n) is 17.1. The molecule has 154 valence electrons. The van der Waals surface area contributed by atoms with Gasteiger partial charge >= 0.3 is 5.97 Å². The number of rotatable bonds is 4. The van der Waals surface area contributed by atoms with Crippen molar-refractivity contribution in [2.24, 2.45) is 0 Å². The largest absolute Gasteiger partial charge is 0.481 e. The summed E-state index contributed by atoms with van der Waals surface area (Å²) in [5.41, 5.74) is 7.50. The van der Waals surface area contributed by atoms with E-state index < -0.39 is 5.97 Å². The molecule has 0 saturated carbocycles. The Morgan fingerprint density at radius 1 is 1.23 bits per heavy atom. The van der Waals surface area contributed by atoms with Crippen LogP contribution in [-0.4, -0.2) is 20.6 Å². The van der Waals surface area contributed by atoms with Crippen molar-refractivity contribution in [1.82, 2.24) is 9.55 Å². The summed E-state index contributed by atoms with van der Waals surface area (Å²) >= 11 is 0. The van der Waals surface area contributed by atoms with Gasteiger partial charge in [0.05, 0.1) is 23.4 Å². The predicted octanol–water partition coefficient (Wildman–Crippen LogP) is 3.94. The van der Waals surface area contributed by atoms with Crippen LogP contribution < -0.4 is 5.56 Å². The molecule has 30 heavy (non-hydrogen) atoms.